The molecule has 0 aromatic rings. The lowest BCUT2D eigenvalue weighted by Crippen LogP contribution is -2.54. The van der Waals surface area contributed by atoms with Gasteiger partial charge in [0.2, 0.25) is 5.91 Å². The number of aliphatic hydroxyl groups excluding tert-OH is 1. The van der Waals surface area contributed by atoms with Gasteiger partial charge in [0, 0.05) is 19.0 Å². The number of aliphatic imine (C=N–C) groups is 1. The van der Waals surface area contributed by atoms with Crippen molar-refractivity contribution in [2.75, 3.05) is 6.54 Å². The molecule has 0 aromatic heterocycles. The standard InChI is InChI=1S/C15H28N4O3S/c1-9(2)17-8-23-18-13(21)11-6-10(20)7-19(11)14(22)12(16)15(3,4)5/h8-12,20H,6-7,16H2,1-5H3,(H,18,21)/b17-8-/t10-,11+,12-/m1/s1. The van der Waals surface area contributed by atoms with Crippen LogP contribution < -0.4 is 10.5 Å². The van der Waals surface area contributed by atoms with Crippen molar-refractivity contribution in [3.05, 3.63) is 0 Å². The summed E-state index contributed by atoms with van der Waals surface area (Å²) in [5.74, 6) is -0.633. The minimum atomic E-state index is -0.724. The molecule has 1 heterocycles. The molecule has 0 aliphatic carbocycles. The first-order valence-electron chi connectivity index (χ1n) is 7.75. The molecule has 1 rings (SSSR count). The first-order valence-corrected chi connectivity index (χ1v) is 8.63. The fourth-order valence-corrected chi connectivity index (χ4v) is 2.77. The number of carbonyl (C=O) groups excluding carboxylic acids is 2. The third-order valence-corrected chi connectivity index (χ3v) is 4.18. The first kappa shape index (κ1) is 19.9. The van der Waals surface area contributed by atoms with E-state index >= 15 is 0 Å². The lowest BCUT2D eigenvalue weighted by atomic mass is 9.86. The van der Waals surface area contributed by atoms with Crippen LogP contribution >= 0.6 is 11.9 Å². The van der Waals surface area contributed by atoms with E-state index in [2.05, 4.69) is 9.71 Å². The Morgan fingerprint density at radius 1 is 1.43 bits per heavy atom. The number of nitrogens with one attached hydrogen (secondary N) is 1. The van der Waals surface area contributed by atoms with Gasteiger partial charge < -0.3 is 15.7 Å². The molecule has 1 saturated heterocycles. The van der Waals surface area contributed by atoms with Crippen LogP contribution in [-0.4, -0.2) is 58.1 Å². The number of likely N-dealkylation sites (tertiary alicyclic amines) is 1. The van der Waals surface area contributed by atoms with Crippen molar-refractivity contribution < 1.29 is 14.7 Å². The molecule has 23 heavy (non-hydrogen) atoms. The van der Waals surface area contributed by atoms with E-state index in [0.717, 1.165) is 11.9 Å². The predicted molar refractivity (Wildman–Crippen MR) is 92.9 cm³/mol. The summed E-state index contributed by atoms with van der Waals surface area (Å²) >= 11 is 1.06. The number of nitrogens with zero attached hydrogens (tertiary/aromatic N) is 2. The van der Waals surface area contributed by atoms with E-state index in [1.54, 1.807) is 5.55 Å². The summed E-state index contributed by atoms with van der Waals surface area (Å²) in [4.78, 5) is 30.3. The van der Waals surface area contributed by atoms with E-state index in [1.807, 2.05) is 34.6 Å². The van der Waals surface area contributed by atoms with Crippen molar-refractivity contribution in [3.8, 4) is 0 Å². The van der Waals surface area contributed by atoms with Gasteiger partial charge in [-0.1, -0.05) is 20.8 Å². The van der Waals surface area contributed by atoms with Crippen molar-refractivity contribution in [2.24, 2.45) is 16.1 Å². The minimum absolute atomic E-state index is 0.130. The van der Waals surface area contributed by atoms with Crippen LogP contribution in [0.4, 0.5) is 0 Å². The quantitative estimate of drug-likeness (QED) is 0.383. The van der Waals surface area contributed by atoms with Gasteiger partial charge in [-0.2, -0.15) is 0 Å². The number of amides is 2. The maximum Gasteiger partial charge on any atom is 0.253 e. The Hall–Kier alpha value is -1.12. The molecule has 8 heteroatoms. The average Bonchev–Trinajstić information content (AvgIpc) is 2.82. The molecule has 0 spiro atoms. The Kier molecular flexibility index (Phi) is 7.03. The van der Waals surface area contributed by atoms with Crippen LogP contribution in [0.5, 0.6) is 0 Å². The maximum absolute atomic E-state index is 12.5. The molecule has 3 atom stereocenters. The van der Waals surface area contributed by atoms with Crippen molar-refractivity contribution in [3.63, 3.8) is 0 Å². The van der Waals surface area contributed by atoms with E-state index in [1.165, 1.54) is 4.90 Å². The smallest absolute Gasteiger partial charge is 0.253 e. The van der Waals surface area contributed by atoms with Crippen LogP contribution in [0.15, 0.2) is 4.99 Å². The Labute approximate surface area is 142 Å². The van der Waals surface area contributed by atoms with Gasteiger partial charge in [-0.25, -0.2) is 0 Å². The molecule has 0 radical (unpaired) electrons. The van der Waals surface area contributed by atoms with Gasteiger partial charge in [-0.05, 0) is 31.2 Å². The van der Waals surface area contributed by atoms with E-state index in [9.17, 15) is 14.7 Å². The average molecular weight is 344 g/mol. The molecule has 0 unspecified atom stereocenters. The summed E-state index contributed by atoms with van der Waals surface area (Å²) in [6, 6.07) is -1.28. The highest BCUT2D eigenvalue weighted by atomic mass is 32.2. The number of nitrogens with two attached hydrogens (primary N) is 1. The summed E-state index contributed by atoms with van der Waals surface area (Å²) < 4.78 is 2.65. The van der Waals surface area contributed by atoms with E-state index in [4.69, 9.17) is 5.73 Å². The number of carbonyl (C=O) groups is 2. The van der Waals surface area contributed by atoms with Crippen LogP contribution in [0, 0.1) is 5.41 Å². The van der Waals surface area contributed by atoms with Gasteiger partial charge in [0.15, 0.2) is 0 Å². The van der Waals surface area contributed by atoms with Gasteiger partial charge in [-0.3, -0.25) is 19.3 Å². The maximum atomic E-state index is 12.5. The van der Waals surface area contributed by atoms with Crippen molar-refractivity contribution in [1.82, 2.24) is 9.62 Å². The van der Waals surface area contributed by atoms with Crippen molar-refractivity contribution >= 4 is 29.3 Å². The molecule has 2 amide bonds. The zero-order valence-corrected chi connectivity index (χ0v) is 15.3. The van der Waals surface area contributed by atoms with Gasteiger partial charge in [0.25, 0.3) is 5.91 Å². The lowest BCUT2D eigenvalue weighted by molar-refractivity contribution is -0.140. The van der Waals surface area contributed by atoms with Crippen molar-refractivity contribution in [2.45, 2.75) is 65.3 Å². The van der Waals surface area contributed by atoms with Gasteiger partial charge in [-0.15, -0.1) is 0 Å². The SMILES string of the molecule is CC(C)/N=C\SNC(=O)[C@@H]1C[C@@H](O)CN1C(=O)[C@@H](N)C(C)(C)C. The number of rotatable bonds is 5. The molecule has 4 N–H and O–H groups in total. The second-order valence-corrected chi connectivity index (χ2v) is 7.82. The molecule has 0 bridgehead atoms. The fourth-order valence-electron chi connectivity index (χ4n) is 2.16. The molecule has 7 nitrogen and oxygen atoms in total. The Balaban J connectivity index is 2.72. The molecule has 132 valence electrons. The van der Waals surface area contributed by atoms with E-state index < -0.39 is 23.6 Å². The number of hydrogen-bond donors (Lipinski definition) is 3. The topological polar surface area (TPSA) is 108 Å². The zero-order valence-electron chi connectivity index (χ0n) is 14.4. The fraction of sp³-hybridized carbons (Fsp3) is 0.800. The van der Waals surface area contributed by atoms with Crippen LogP contribution in [0.25, 0.3) is 0 Å². The Morgan fingerprint density at radius 3 is 2.57 bits per heavy atom. The number of hydrogen-bond acceptors (Lipinski definition) is 6. The molecule has 1 aliphatic rings. The van der Waals surface area contributed by atoms with E-state index in [-0.39, 0.29) is 30.8 Å². The minimum Gasteiger partial charge on any atom is -0.391 e. The summed E-state index contributed by atoms with van der Waals surface area (Å²) in [6.45, 7) is 9.60. The molecule has 1 aliphatic heterocycles. The number of aliphatic hydroxyl groups is 1. The Bertz CT molecular complexity index is 462. The molecular formula is C15H28N4O3S. The molecule has 0 saturated carbocycles. The monoisotopic (exact) mass is 344 g/mol. The largest absolute Gasteiger partial charge is 0.391 e. The van der Waals surface area contributed by atoms with Gasteiger partial charge in [0.1, 0.15) is 6.04 Å². The Morgan fingerprint density at radius 2 is 2.04 bits per heavy atom. The predicted octanol–water partition coefficient (Wildman–Crippen LogP) is 0.523. The highest BCUT2D eigenvalue weighted by Gasteiger charge is 2.42. The highest BCUT2D eigenvalue weighted by Crippen LogP contribution is 2.24. The molecule has 1 fully saturated rings. The normalized spacial score (nSPS) is 23.6. The zero-order chi connectivity index (χ0) is 17.8. The molecule has 0 aromatic carbocycles. The third-order valence-electron chi connectivity index (χ3n) is 3.64. The summed E-state index contributed by atoms with van der Waals surface area (Å²) in [5.41, 5.74) is 7.15. The van der Waals surface area contributed by atoms with Crippen LogP contribution in [0.1, 0.15) is 41.0 Å². The number of β-amino-alcohol motifs (C(OH)–C–C–N with tert-alkyl or cyclic N) is 1. The highest BCUT2D eigenvalue weighted by molar-refractivity contribution is 8.10. The van der Waals surface area contributed by atoms with Crippen LogP contribution in [0.2, 0.25) is 0 Å². The molecular weight excluding hydrogens is 316 g/mol. The summed E-state index contributed by atoms with van der Waals surface area (Å²) in [5, 5.41) is 9.85. The van der Waals surface area contributed by atoms with Crippen molar-refractivity contribution in [1.29, 1.82) is 0 Å². The van der Waals surface area contributed by atoms with E-state index in [0.29, 0.717) is 0 Å². The summed E-state index contributed by atoms with van der Waals surface area (Å²) in [6.07, 6.45) is -0.493. The first-order chi connectivity index (χ1) is 10.5. The van der Waals surface area contributed by atoms with Crippen LogP contribution in [0.3, 0.4) is 0 Å². The second-order valence-electron chi connectivity index (χ2n) is 7.17. The third kappa shape index (κ3) is 5.78. The van der Waals surface area contributed by atoms with Gasteiger partial charge in [0.05, 0.1) is 17.7 Å². The lowest BCUT2D eigenvalue weighted by Gasteiger charge is -2.32. The second kappa shape index (κ2) is 8.12. The van der Waals surface area contributed by atoms with Crippen LogP contribution in [-0.2, 0) is 9.59 Å². The summed E-state index contributed by atoms with van der Waals surface area (Å²) in [7, 11) is 0. The van der Waals surface area contributed by atoms with Gasteiger partial charge >= 0.3 is 0 Å².